The zero-order chi connectivity index (χ0) is 59.2. The van der Waals surface area contributed by atoms with Gasteiger partial charge in [-0.2, -0.15) is 0 Å². The van der Waals surface area contributed by atoms with Crippen molar-refractivity contribution in [2.24, 2.45) is 0 Å². The number of unbranched alkanes of at least 4 members (excludes halogenated alkanes) is 31. The van der Waals surface area contributed by atoms with Crippen molar-refractivity contribution in [3.8, 4) is 0 Å². The number of allylic oxidation sites excluding steroid dienone is 20. The minimum absolute atomic E-state index is 0.0806. The minimum Gasteiger partial charge on any atom is -0.462 e. The molecule has 0 aliphatic rings. The number of carbonyl (C=O) groups is 3. The van der Waals surface area contributed by atoms with E-state index in [1.807, 2.05) is 0 Å². The van der Waals surface area contributed by atoms with Crippen LogP contribution in [0.4, 0.5) is 0 Å². The third-order valence-electron chi connectivity index (χ3n) is 14.7. The van der Waals surface area contributed by atoms with Gasteiger partial charge in [0.2, 0.25) is 0 Å². The lowest BCUT2D eigenvalue weighted by atomic mass is 10.0. The Bertz CT molecular complexity index is 1690. The van der Waals surface area contributed by atoms with Crippen molar-refractivity contribution in [2.75, 3.05) is 13.2 Å². The lowest BCUT2D eigenvalue weighted by Crippen LogP contribution is -2.30. The molecule has 0 heterocycles. The molecule has 0 saturated carbocycles. The van der Waals surface area contributed by atoms with Gasteiger partial charge in [0.1, 0.15) is 13.2 Å². The van der Waals surface area contributed by atoms with Crippen molar-refractivity contribution in [1.82, 2.24) is 0 Å². The molecule has 82 heavy (non-hydrogen) atoms. The summed E-state index contributed by atoms with van der Waals surface area (Å²) in [5.41, 5.74) is 0. The lowest BCUT2D eigenvalue weighted by Gasteiger charge is -2.18. The molecular weight excluding hydrogens is 1010 g/mol. The first-order chi connectivity index (χ1) is 40.5. The van der Waals surface area contributed by atoms with Gasteiger partial charge in [0.15, 0.2) is 6.10 Å². The van der Waals surface area contributed by atoms with Crippen LogP contribution in [0.5, 0.6) is 0 Å². The summed E-state index contributed by atoms with van der Waals surface area (Å²) in [7, 11) is 0. The maximum Gasteiger partial charge on any atom is 0.306 e. The van der Waals surface area contributed by atoms with Crippen molar-refractivity contribution >= 4 is 17.9 Å². The molecule has 468 valence electrons. The van der Waals surface area contributed by atoms with E-state index >= 15 is 0 Å². The molecule has 1 atom stereocenters. The van der Waals surface area contributed by atoms with E-state index in [-0.39, 0.29) is 31.1 Å². The predicted octanol–water partition coefficient (Wildman–Crippen LogP) is 23.9. The average Bonchev–Trinajstić information content (AvgIpc) is 3.47. The highest BCUT2D eigenvalue weighted by Crippen LogP contribution is 2.17. The first-order valence-electron chi connectivity index (χ1n) is 34.5. The maximum atomic E-state index is 12.9. The van der Waals surface area contributed by atoms with Crippen LogP contribution in [-0.4, -0.2) is 37.2 Å². The second kappa shape index (κ2) is 69.3. The quantitative estimate of drug-likeness (QED) is 0.0261. The van der Waals surface area contributed by atoms with Gasteiger partial charge in [0.05, 0.1) is 0 Å². The van der Waals surface area contributed by atoms with Crippen LogP contribution in [0, 0.1) is 0 Å². The highest BCUT2D eigenvalue weighted by atomic mass is 16.6. The molecule has 0 N–H and O–H groups in total. The zero-order valence-corrected chi connectivity index (χ0v) is 53.7. The molecule has 0 fully saturated rings. The highest BCUT2D eigenvalue weighted by Gasteiger charge is 2.19. The molecule has 0 aliphatic heterocycles. The second-order valence-corrected chi connectivity index (χ2v) is 22.7. The van der Waals surface area contributed by atoms with E-state index in [9.17, 15) is 14.4 Å². The molecule has 0 spiro atoms. The Balaban J connectivity index is 4.11. The first kappa shape index (κ1) is 77.8. The summed E-state index contributed by atoms with van der Waals surface area (Å²) in [5.74, 6) is -0.886. The number of rotatable bonds is 62. The van der Waals surface area contributed by atoms with E-state index in [0.29, 0.717) is 19.3 Å². The molecule has 0 radical (unpaired) electrons. The monoisotopic (exact) mass is 1140 g/mol. The van der Waals surface area contributed by atoms with Crippen molar-refractivity contribution in [3.63, 3.8) is 0 Å². The molecule has 0 aliphatic carbocycles. The molecule has 0 aromatic rings. The number of carbonyl (C=O) groups excluding carboxylic acids is 3. The zero-order valence-electron chi connectivity index (χ0n) is 53.7. The largest absolute Gasteiger partial charge is 0.462 e. The Labute approximate surface area is 507 Å². The van der Waals surface area contributed by atoms with Crippen molar-refractivity contribution in [2.45, 2.75) is 329 Å². The van der Waals surface area contributed by atoms with Crippen molar-refractivity contribution in [3.05, 3.63) is 122 Å². The summed E-state index contributed by atoms with van der Waals surface area (Å²) >= 11 is 0. The van der Waals surface area contributed by atoms with Crippen molar-refractivity contribution < 1.29 is 28.6 Å². The lowest BCUT2D eigenvalue weighted by molar-refractivity contribution is -0.167. The Morgan fingerprint density at radius 1 is 0.256 bits per heavy atom. The number of hydrogen-bond acceptors (Lipinski definition) is 6. The smallest absolute Gasteiger partial charge is 0.306 e. The predicted molar refractivity (Wildman–Crippen MR) is 357 cm³/mol. The van der Waals surface area contributed by atoms with Gasteiger partial charge in [0, 0.05) is 19.3 Å². The van der Waals surface area contributed by atoms with Crippen LogP contribution in [0.3, 0.4) is 0 Å². The van der Waals surface area contributed by atoms with E-state index < -0.39 is 6.10 Å². The van der Waals surface area contributed by atoms with Crippen LogP contribution >= 0.6 is 0 Å². The van der Waals surface area contributed by atoms with E-state index in [1.54, 1.807) is 0 Å². The number of esters is 3. The van der Waals surface area contributed by atoms with Crippen LogP contribution in [0.25, 0.3) is 0 Å². The van der Waals surface area contributed by atoms with Gasteiger partial charge in [-0.05, 0) is 109 Å². The van der Waals surface area contributed by atoms with Crippen LogP contribution in [0.15, 0.2) is 122 Å². The Kier molecular flexibility index (Phi) is 65.8. The van der Waals surface area contributed by atoms with Crippen LogP contribution in [0.1, 0.15) is 323 Å². The van der Waals surface area contributed by atoms with Crippen molar-refractivity contribution in [1.29, 1.82) is 0 Å². The number of ether oxygens (including phenoxy) is 3. The molecule has 0 aromatic heterocycles. The highest BCUT2D eigenvalue weighted by molar-refractivity contribution is 5.71. The van der Waals surface area contributed by atoms with Gasteiger partial charge < -0.3 is 14.2 Å². The topological polar surface area (TPSA) is 78.9 Å². The fourth-order valence-electron chi connectivity index (χ4n) is 9.62. The molecule has 0 aromatic carbocycles. The molecular formula is C76H128O6. The third-order valence-corrected chi connectivity index (χ3v) is 14.7. The summed E-state index contributed by atoms with van der Waals surface area (Å²) in [5, 5.41) is 0. The summed E-state index contributed by atoms with van der Waals surface area (Å²) < 4.78 is 16.9. The normalized spacial score (nSPS) is 12.9. The van der Waals surface area contributed by atoms with Gasteiger partial charge >= 0.3 is 17.9 Å². The van der Waals surface area contributed by atoms with E-state index in [2.05, 4.69) is 142 Å². The maximum absolute atomic E-state index is 12.9. The summed E-state index contributed by atoms with van der Waals surface area (Å²) in [4.78, 5) is 38.2. The molecule has 0 saturated heterocycles. The molecule has 6 nitrogen and oxygen atoms in total. The Morgan fingerprint density at radius 2 is 0.476 bits per heavy atom. The van der Waals surface area contributed by atoms with Crippen LogP contribution < -0.4 is 0 Å². The van der Waals surface area contributed by atoms with Crippen LogP contribution in [-0.2, 0) is 28.6 Å². The van der Waals surface area contributed by atoms with Crippen LogP contribution in [0.2, 0.25) is 0 Å². The Hall–Kier alpha value is -4.19. The van der Waals surface area contributed by atoms with Gasteiger partial charge in [-0.15, -0.1) is 0 Å². The number of hydrogen-bond donors (Lipinski definition) is 0. The fraction of sp³-hybridized carbons (Fsp3) is 0.697. The first-order valence-corrected chi connectivity index (χ1v) is 34.5. The van der Waals surface area contributed by atoms with E-state index in [0.717, 1.165) is 128 Å². The Morgan fingerprint density at radius 3 is 0.744 bits per heavy atom. The van der Waals surface area contributed by atoms with Gasteiger partial charge in [-0.3, -0.25) is 14.4 Å². The van der Waals surface area contributed by atoms with Gasteiger partial charge in [-0.25, -0.2) is 0 Å². The third kappa shape index (κ3) is 66.6. The van der Waals surface area contributed by atoms with Gasteiger partial charge in [-0.1, -0.05) is 316 Å². The molecule has 0 bridgehead atoms. The minimum atomic E-state index is -0.783. The molecule has 1 unspecified atom stereocenters. The summed E-state index contributed by atoms with van der Waals surface area (Å²) in [6, 6.07) is 0. The standard InChI is InChI=1S/C76H128O6/c1-4-7-10-13-16-19-21-23-25-27-29-31-33-34-35-36-37-38-39-40-41-42-44-45-47-49-51-53-55-57-60-63-66-69-75(78)81-72-73(71-80-74(77)68-65-62-59-18-15-12-9-6-3)82-76(79)70-67-64-61-58-56-54-52-50-48-46-43-32-30-28-26-24-22-20-17-14-11-8-5-2/h7-8,10-11,16-17,19-20,23-26,29-32,34-35,46,48,73H,4-6,9,12-15,18,21-22,27-28,33,36-45,47,49-72H2,1-3H3/b10-7-,11-8-,19-16-,20-17-,25-23-,26-24-,31-29-,32-30-,35-34-,48-46-. The molecule has 0 amide bonds. The second-order valence-electron chi connectivity index (χ2n) is 22.7. The van der Waals surface area contributed by atoms with E-state index in [4.69, 9.17) is 14.2 Å². The SMILES string of the molecule is CC/C=C\C/C=C\C/C=C\C/C=C\C/C=C\CCCCCCCCCCCCCCCCCCCC(=O)OCC(COC(=O)CCCCCCCCCC)OC(=O)CCCCCCCCC/C=C\C/C=C\C/C=C\C/C=C\C/C=C\CC. The van der Waals surface area contributed by atoms with Gasteiger partial charge in [0.25, 0.3) is 0 Å². The average molecular weight is 1140 g/mol. The fourth-order valence-corrected chi connectivity index (χ4v) is 9.62. The summed E-state index contributed by atoms with van der Waals surface area (Å²) in [6.07, 6.45) is 96.7. The molecule has 6 heteroatoms. The molecule has 0 rings (SSSR count). The summed E-state index contributed by atoms with van der Waals surface area (Å²) in [6.45, 7) is 6.40. The van der Waals surface area contributed by atoms with E-state index in [1.165, 1.54) is 154 Å².